The number of ether oxygens (including phenoxy) is 3. The maximum absolute atomic E-state index is 12.9. The third kappa shape index (κ3) is 62.5. The minimum atomic E-state index is -0.799. The number of hydrogen-bond donors (Lipinski definition) is 0. The van der Waals surface area contributed by atoms with E-state index in [1.807, 2.05) is 0 Å². The molecule has 0 aliphatic heterocycles. The van der Waals surface area contributed by atoms with E-state index in [2.05, 4.69) is 142 Å². The summed E-state index contributed by atoms with van der Waals surface area (Å²) in [6, 6.07) is 0. The molecule has 0 N–H and O–H groups in total. The lowest BCUT2D eigenvalue weighted by atomic mass is 10.1. The molecule has 77 heavy (non-hydrogen) atoms. The molecule has 1 atom stereocenters. The molecule has 0 aromatic carbocycles. The highest BCUT2D eigenvalue weighted by atomic mass is 16.6. The van der Waals surface area contributed by atoms with Gasteiger partial charge in [0.15, 0.2) is 6.10 Å². The normalized spacial score (nSPS) is 12.9. The SMILES string of the molecule is CC/C=C\C/C=C\C/C=C\C/C=C\CCCCCCCCCCC(=O)OCC(COC(=O)CCCCCC/C=C\C/C=C\C/C=C\C/C=C\CC)OC(=O)CCCCCCCCCCC/C=C\C/C=C\CCCCCCC. The van der Waals surface area contributed by atoms with Gasteiger partial charge in [0.1, 0.15) is 13.2 Å². The van der Waals surface area contributed by atoms with Crippen molar-refractivity contribution in [3.05, 3.63) is 122 Å². The first kappa shape index (κ1) is 72.8. The highest BCUT2D eigenvalue weighted by molar-refractivity contribution is 5.71. The van der Waals surface area contributed by atoms with Crippen molar-refractivity contribution in [3.63, 3.8) is 0 Å². The van der Waals surface area contributed by atoms with Gasteiger partial charge in [-0.15, -0.1) is 0 Å². The van der Waals surface area contributed by atoms with E-state index in [-0.39, 0.29) is 31.1 Å². The van der Waals surface area contributed by atoms with Crippen molar-refractivity contribution in [1.29, 1.82) is 0 Å². The molecule has 0 fully saturated rings. The Bertz CT molecular complexity index is 1600. The fourth-order valence-electron chi connectivity index (χ4n) is 8.69. The van der Waals surface area contributed by atoms with Crippen molar-refractivity contribution in [2.75, 3.05) is 13.2 Å². The summed E-state index contributed by atoms with van der Waals surface area (Å²) in [6.45, 7) is 6.39. The molecule has 0 aromatic rings. The number of allylic oxidation sites excluding steroid dienone is 20. The first-order chi connectivity index (χ1) is 38.0. The third-order valence-electron chi connectivity index (χ3n) is 13.4. The lowest BCUT2D eigenvalue weighted by molar-refractivity contribution is -0.167. The predicted octanol–water partition coefficient (Wildman–Crippen LogP) is 22.0. The average molecular weight is 1070 g/mol. The van der Waals surface area contributed by atoms with Crippen LogP contribution in [-0.4, -0.2) is 37.2 Å². The second-order valence-electron chi connectivity index (χ2n) is 20.9. The Kier molecular flexibility index (Phi) is 60.8. The van der Waals surface area contributed by atoms with Crippen LogP contribution in [0.3, 0.4) is 0 Å². The van der Waals surface area contributed by atoms with Crippen LogP contribution in [0.1, 0.15) is 290 Å². The van der Waals surface area contributed by atoms with E-state index in [4.69, 9.17) is 14.2 Å². The number of rotatable bonds is 57. The Morgan fingerprint density at radius 1 is 0.273 bits per heavy atom. The van der Waals surface area contributed by atoms with E-state index in [1.54, 1.807) is 0 Å². The summed E-state index contributed by atoms with van der Waals surface area (Å²) in [6.07, 6.45) is 89.1. The molecule has 0 saturated carbocycles. The smallest absolute Gasteiger partial charge is 0.306 e. The quantitative estimate of drug-likeness (QED) is 0.0261. The van der Waals surface area contributed by atoms with Crippen LogP contribution in [0.5, 0.6) is 0 Å². The summed E-state index contributed by atoms with van der Waals surface area (Å²) in [5.74, 6) is -0.925. The molecule has 438 valence electrons. The zero-order chi connectivity index (χ0) is 55.7. The molecular weight excluding hydrogens is 949 g/mol. The zero-order valence-corrected chi connectivity index (χ0v) is 50.2. The number of unbranched alkanes of at least 4 members (excludes halogenated alkanes) is 26. The van der Waals surface area contributed by atoms with Crippen LogP contribution in [0.2, 0.25) is 0 Å². The highest BCUT2D eigenvalue weighted by Crippen LogP contribution is 2.15. The molecule has 0 aliphatic carbocycles. The molecule has 0 rings (SSSR count). The lowest BCUT2D eigenvalue weighted by Gasteiger charge is -2.18. The molecule has 6 nitrogen and oxygen atoms in total. The summed E-state index contributed by atoms with van der Waals surface area (Å²) in [4.78, 5) is 38.4. The van der Waals surface area contributed by atoms with Crippen LogP contribution in [0.25, 0.3) is 0 Å². The molecular formula is C71H118O6. The topological polar surface area (TPSA) is 78.9 Å². The maximum atomic E-state index is 12.9. The van der Waals surface area contributed by atoms with E-state index in [1.165, 1.54) is 116 Å². The van der Waals surface area contributed by atoms with Gasteiger partial charge in [0, 0.05) is 19.3 Å². The van der Waals surface area contributed by atoms with Crippen molar-refractivity contribution in [2.45, 2.75) is 297 Å². The predicted molar refractivity (Wildman–Crippen MR) is 334 cm³/mol. The highest BCUT2D eigenvalue weighted by Gasteiger charge is 2.19. The average Bonchev–Trinajstić information content (AvgIpc) is 3.43. The number of carbonyl (C=O) groups excluding carboxylic acids is 3. The van der Waals surface area contributed by atoms with Crippen molar-refractivity contribution >= 4 is 17.9 Å². The molecule has 6 heteroatoms. The maximum Gasteiger partial charge on any atom is 0.306 e. The van der Waals surface area contributed by atoms with Gasteiger partial charge in [-0.25, -0.2) is 0 Å². The van der Waals surface area contributed by atoms with Gasteiger partial charge in [-0.3, -0.25) is 14.4 Å². The fraction of sp³-hybridized carbons (Fsp3) is 0.676. The standard InChI is InChI=1S/C71H118O6/c1-4-7-10-13-16-19-22-25-28-31-33-35-37-40-43-46-49-52-55-58-61-64-70(73)76-67-68(66-75-69(72)63-60-57-54-51-48-45-42-39-30-27-24-21-18-15-12-9-6-3)77-71(74)65-62-59-56-53-50-47-44-41-38-36-34-32-29-26-23-20-17-14-11-8-5-2/h7,9-10,12,16,18-19,21,23,25-28,30,32-35,42,45,68H,4-6,8,11,13-15,17,20,22,24,29,31,36-41,43-44,46-67H2,1-3H3/b10-7-,12-9-,19-16-,21-18-,26-23-,28-25-,30-27-,34-32-,35-33-,45-42-. The van der Waals surface area contributed by atoms with Gasteiger partial charge < -0.3 is 14.2 Å². The van der Waals surface area contributed by atoms with Gasteiger partial charge in [0.05, 0.1) is 0 Å². The van der Waals surface area contributed by atoms with Crippen LogP contribution in [0.4, 0.5) is 0 Å². The second kappa shape index (κ2) is 64.3. The van der Waals surface area contributed by atoms with Crippen LogP contribution in [0.15, 0.2) is 122 Å². The van der Waals surface area contributed by atoms with E-state index in [9.17, 15) is 14.4 Å². The molecule has 0 spiro atoms. The largest absolute Gasteiger partial charge is 0.462 e. The van der Waals surface area contributed by atoms with Gasteiger partial charge in [-0.2, -0.15) is 0 Å². The van der Waals surface area contributed by atoms with Crippen molar-refractivity contribution < 1.29 is 28.6 Å². The Morgan fingerprint density at radius 2 is 0.506 bits per heavy atom. The van der Waals surface area contributed by atoms with Crippen molar-refractivity contribution in [2.24, 2.45) is 0 Å². The van der Waals surface area contributed by atoms with Crippen molar-refractivity contribution in [3.8, 4) is 0 Å². The van der Waals surface area contributed by atoms with Gasteiger partial charge in [0.2, 0.25) is 0 Å². The third-order valence-corrected chi connectivity index (χ3v) is 13.4. The molecule has 1 unspecified atom stereocenters. The summed E-state index contributed by atoms with van der Waals surface area (Å²) >= 11 is 0. The monoisotopic (exact) mass is 1070 g/mol. The molecule has 0 bridgehead atoms. The Balaban J connectivity index is 4.45. The lowest BCUT2D eigenvalue weighted by Crippen LogP contribution is -2.30. The van der Waals surface area contributed by atoms with Crippen molar-refractivity contribution in [1.82, 2.24) is 0 Å². The molecule has 0 aromatic heterocycles. The van der Waals surface area contributed by atoms with E-state index in [0.717, 1.165) is 135 Å². The minimum Gasteiger partial charge on any atom is -0.462 e. The van der Waals surface area contributed by atoms with Gasteiger partial charge >= 0.3 is 17.9 Å². The summed E-state index contributed by atoms with van der Waals surface area (Å²) in [5, 5.41) is 0. The van der Waals surface area contributed by atoms with Gasteiger partial charge in [-0.05, 0) is 128 Å². The van der Waals surface area contributed by atoms with E-state index < -0.39 is 6.10 Å². The summed E-state index contributed by atoms with van der Waals surface area (Å²) < 4.78 is 16.9. The fourth-order valence-corrected chi connectivity index (χ4v) is 8.69. The second-order valence-corrected chi connectivity index (χ2v) is 20.9. The van der Waals surface area contributed by atoms with Gasteiger partial charge in [-0.1, -0.05) is 264 Å². The molecule has 0 saturated heterocycles. The summed E-state index contributed by atoms with van der Waals surface area (Å²) in [5.41, 5.74) is 0. The molecule has 0 radical (unpaired) electrons. The Labute approximate surface area is 475 Å². The van der Waals surface area contributed by atoms with Crippen LogP contribution < -0.4 is 0 Å². The first-order valence-electron chi connectivity index (χ1n) is 32.0. The number of esters is 3. The molecule has 0 heterocycles. The van der Waals surface area contributed by atoms with E-state index >= 15 is 0 Å². The minimum absolute atomic E-state index is 0.0942. The molecule has 0 amide bonds. The van der Waals surface area contributed by atoms with E-state index in [0.29, 0.717) is 19.3 Å². The number of carbonyl (C=O) groups is 3. The van der Waals surface area contributed by atoms with Gasteiger partial charge in [0.25, 0.3) is 0 Å². The first-order valence-corrected chi connectivity index (χ1v) is 32.0. The van der Waals surface area contributed by atoms with Crippen LogP contribution >= 0.6 is 0 Å². The Morgan fingerprint density at radius 3 is 0.792 bits per heavy atom. The Hall–Kier alpha value is -4.19. The van der Waals surface area contributed by atoms with Crippen LogP contribution in [-0.2, 0) is 28.6 Å². The summed E-state index contributed by atoms with van der Waals surface area (Å²) in [7, 11) is 0. The molecule has 0 aliphatic rings. The zero-order valence-electron chi connectivity index (χ0n) is 50.2. The number of hydrogen-bond acceptors (Lipinski definition) is 6. The van der Waals surface area contributed by atoms with Crippen LogP contribution in [0, 0.1) is 0 Å².